The lowest BCUT2D eigenvalue weighted by atomic mass is 10.1. The molecule has 108 valence electrons. The number of rotatable bonds is 5. The summed E-state index contributed by atoms with van der Waals surface area (Å²) in [5, 5.41) is 0. The number of nitrogens with one attached hydrogen (secondary N) is 1. The lowest BCUT2D eigenvalue weighted by Crippen LogP contribution is -2.14. The molecule has 1 aromatic heterocycles. The first kappa shape index (κ1) is 15.1. The topological polar surface area (TPSA) is 85.3 Å². The Hall–Kier alpha value is -1.31. The number of aryl methyl sites for hydroxylation is 1. The molecule has 5 nitrogen and oxygen atoms in total. The number of anilines is 1. The second-order valence-electron chi connectivity index (χ2n) is 4.17. The van der Waals surface area contributed by atoms with Crippen LogP contribution in [-0.2, 0) is 23.0 Å². The Morgan fingerprint density at radius 3 is 2.65 bits per heavy atom. The van der Waals surface area contributed by atoms with E-state index in [9.17, 15) is 8.42 Å². The van der Waals surface area contributed by atoms with Crippen molar-refractivity contribution in [3.8, 4) is 0 Å². The highest BCUT2D eigenvalue weighted by atomic mass is 79.9. The van der Waals surface area contributed by atoms with E-state index in [-0.39, 0.29) is 16.1 Å². The number of hydrogen-bond acceptors (Lipinski definition) is 4. The van der Waals surface area contributed by atoms with Gasteiger partial charge >= 0.3 is 0 Å². The average Bonchev–Trinajstić information content (AvgIpc) is 2.81. The fourth-order valence-electron chi connectivity index (χ4n) is 1.81. The summed E-state index contributed by atoms with van der Waals surface area (Å²) in [5.74, 6) is 0.404. The van der Waals surface area contributed by atoms with E-state index in [4.69, 9.17) is 10.2 Å². The van der Waals surface area contributed by atoms with E-state index in [0.717, 1.165) is 12.0 Å². The van der Waals surface area contributed by atoms with Crippen LogP contribution in [0.3, 0.4) is 0 Å². The van der Waals surface area contributed by atoms with Gasteiger partial charge in [-0.15, -0.1) is 0 Å². The lowest BCUT2D eigenvalue weighted by molar-refractivity contribution is 0.484. The fraction of sp³-hybridized carbons (Fsp3) is 0.231. The molecule has 0 spiro atoms. The molecule has 20 heavy (non-hydrogen) atoms. The number of halogens is 1. The second kappa shape index (κ2) is 5.99. The van der Waals surface area contributed by atoms with E-state index in [1.807, 2.05) is 19.1 Å². The number of para-hydroxylation sites is 1. The molecule has 2 rings (SSSR count). The first-order valence-electron chi connectivity index (χ1n) is 6.07. The smallest absolute Gasteiger partial charge is 0.266 e. The number of nitrogens with two attached hydrogens (primary N) is 1. The van der Waals surface area contributed by atoms with Gasteiger partial charge in [0, 0.05) is 6.07 Å². The summed E-state index contributed by atoms with van der Waals surface area (Å²) in [5.41, 5.74) is 6.94. The van der Waals surface area contributed by atoms with Crippen LogP contribution in [0.25, 0.3) is 0 Å². The second-order valence-corrected chi connectivity index (χ2v) is 6.54. The van der Waals surface area contributed by atoms with Crippen LogP contribution in [0, 0.1) is 0 Å². The molecule has 0 radical (unpaired) electrons. The maximum atomic E-state index is 12.4. The van der Waals surface area contributed by atoms with Crippen LogP contribution in [-0.4, -0.2) is 8.42 Å². The van der Waals surface area contributed by atoms with E-state index in [2.05, 4.69) is 20.7 Å². The Balaban J connectivity index is 2.38. The maximum Gasteiger partial charge on any atom is 0.266 e. The van der Waals surface area contributed by atoms with Crippen molar-refractivity contribution < 1.29 is 12.8 Å². The van der Waals surface area contributed by atoms with Crippen LogP contribution in [0.2, 0.25) is 0 Å². The Morgan fingerprint density at radius 2 is 2.05 bits per heavy atom. The molecule has 0 saturated carbocycles. The van der Waals surface area contributed by atoms with Crippen molar-refractivity contribution in [3.63, 3.8) is 0 Å². The molecule has 0 saturated heterocycles. The molecule has 3 N–H and O–H groups in total. The molecular weight excluding hydrogens is 344 g/mol. The Labute approximate surface area is 126 Å². The summed E-state index contributed by atoms with van der Waals surface area (Å²) in [4.78, 5) is 0.0452. The van der Waals surface area contributed by atoms with E-state index >= 15 is 0 Å². The van der Waals surface area contributed by atoms with Crippen LogP contribution in [0.5, 0.6) is 0 Å². The average molecular weight is 359 g/mol. The summed E-state index contributed by atoms with van der Waals surface area (Å²) >= 11 is 3.10. The number of benzene rings is 1. The predicted molar refractivity (Wildman–Crippen MR) is 80.9 cm³/mol. The highest BCUT2D eigenvalue weighted by molar-refractivity contribution is 9.10. The van der Waals surface area contributed by atoms with Gasteiger partial charge in [0.05, 0.1) is 12.2 Å². The molecule has 7 heteroatoms. The lowest BCUT2D eigenvalue weighted by Gasteiger charge is -2.10. The van der Waals surface area contributed by atoms with Gasteiger partial charge < -0.3 is 10.2 Å². The molecule has 0 amide bonds. The van der Waals surface area contributed by atoms with Gasteiger partial charge in [-0.25, -0.2) is 8.42 Å². The zero-order chi connectivity index (χ0) is 14.8. The summed E-state index contributed by atoms with van der Waals surface area (Å²) in [6, 6.07) is 8.69. The van der Waals surface area contributed by atoms with Crippen molar-refractivity contribution >= 4 is 31.6 Å². The molecular formula is C13H15BrN2O3S. The first-order valence-corrected chi connectivity index (χ1v) is 8.34. The first-order chi connectivity index (χ1) is 9.47. The van der Waals surface area contributed by atoms with Crippen molar-refractivity contribution in [3.05, 3.63) is 46.3 Å². The number of sulfonamides is 1. The molecule has 1 heterocycles. The van der Waals surface area contributed by atoms with Crippen LogP contribution in [0.15, 0.2) is 44.3 Å². The minimum atomic E-state index is -3.71. The Bertz CT molecular complexity index is 710. The summed E-state index contributed by atoms with van der Waals surface area (Å²) in [7, 11) is -3.71. The quantitative estimate of drug-likeness (QED) is 0.860. The van der Waals surface area contributed by atoms with E-state index in [1.54, 1.807) is 12.1 Å². The third-order valence-electron chi connectivity index (χ3n) is 2.84. The van der Waals surface area contributed by atoms with Gasteiger partial charge in [-0.1, -0.05) is 25.1 Å². The van der Waals surface area contributed by atoms with Crippen LogP contribution in [0.4, 0.5) is 5.69 Å². The van der Waals surface area contributed by atoms with Gasteiger partial charge in [0.15, 0.2) is 4.67 Å². The van der Waals surface area contributed by atoms with Crippen LogP contribution < -0.4 is 10.5 Å². The molecule has 0 atom stereocenters. The van der Waals surface area contributed by atoms with Crippen LogP contribution >= 0.6 is 15.9 Å². The summed E-state index contributed by atoms with van der Waals surface area (Å²) < 4.78 is 32.7. The van der Waals surface area contributed by atoms with Gasteiger partial charge in [-0.3, -0.25) is 4.72 Å². The zero-order valence-electron chi connectivity index (χ0n) is 10.9. The molecule has 2 aromatic rings. The third kappa shape index (κ3) is 3.05. The van der Waals surface area contributed by atoms with Gasteiger partial charge in [0.1, 0.15) is 10.7 Å². The van der Waals surface area contributed by atoms with Crippen molar-refractivity contribution in [1.29, 1.82) is 0 Å². The van der Waals surface area contributed by atoms with Crippen molar-refractivity contribution in [2.24, 2.45) is 5.73 Å². The van der Waals surface area contributed by atoms with E-state index in [1.165, 1.54) is 6.07 Å². The monoisotopic (exact) mass is 358 g/mol. The van der Waals surface area contributed by atoms with Gasteiger partial charge in [-0.2, -0.15) is 0 Å². The highest BCUT2D eigenvalue weighted by Crippen LogP contribution is 2.28. The number of furan rings is 1. The normalized spacial score (nSPS) is 11.6. The highest BCUT2D eigenvalue weighted by Gasteiger charge is 2.23. The fourth-order valence-corrected chi connectivity index (χ4v) is 3.91. The minimum absolute atomic E-state index is 0.0452. The SMILES string of the molecule is CCc1ccccc1NS(=O)(=O)c1cc(CN)oc1Br. The molecule has 0 aliphatic carbocycles. The maximum absolute atomic E-state index is 12.4. The van der Waals surface area contributed by atoms with Crippen molar-refractivity contribution in [2.45, 2.75) is 24.8 Å². The predicted octanol–water partition coefficient (Wildman–Crippen LogP) is 2.86. The number of hydrogen-bond donors (Lipinski definition) is 2. The van der Waals surface area contributed by atoms with Crippen LogP contribution in [0.1, 0.15) is 18.2 Å². The van der Waals surface area contributed by atoms with Gasteiger partial charge in [0.25, 0.3) is 10.0 Å². The Kier molecular flexibility index (Phi) is 4.52. The standard InChI is InChI=1S/C13H15BrN2O3S/c1-2-9-5-3-4-6-11(9)16-20(17,18)12-7-10(8-15)19-13(12)14/h3-7,16H,2,8,15H2,1H3. The zero-order valence-corrected chi connectivity index (χ0v) is 13.3. The third-order valence-corrected chi connectivity index (χ3v) is 5.06. The molecule has 0 fully saturated rings. The largest absolute Gasteiger partial charge is 0.452 e. The van der Waals surface area contributed by atoms with Crippen molar-refractivity contribution in [2.75, 3.05) is 4.72 Å². The molecule has 0 bridgehead atoms. The van der Waals surface area contributed by atoms with Gasteiger partial charge in [-0.05, 0) is 34.0 Å². The molecule has 0 unspecified atom stereocenters. The summed E-state index contributed by atoms with van der Waals surface area (Å²) in [6.45, 7) is 2.10. The summed E-state index contributed by atoms with van der Waals surface area (Å²) in [6.07, 6.45) is 0.735. The molecule has 0 aliphatic heterocycles. The Morgan fingerprint density at radius 1 is 1.35 bits per heavy atom. The molecule has 0 aliphatic rings. The minimum Gasteiger partial charge on any atom is -0.452 e. The van der Waals surface area contributed by atoms with Gasteiger partial charge in [0.2, 0.25) is 0 Å². The van der Waals surface area contributed by atoms with E-state index in [0.29, 0.717) is 11.4 Å². The van der Waals surface area contributed by atoms with E-state index < -0.39 is 10.0 Å². The molecule has 1 aromatic carbocycles. The van der Waals surface area contributed by atoms with Crippen molar-refractivity contribution in [1.82, 2.24) is 0 Å².